The lowest BCUT2D eigenvalue weighted by Gasteiger charge is -2.09. The summed E-state index contributed by atoms with van der Waals surface area (Å²) in [5.74, 6) is -0.203. The first-order valence-electron chi connectivity index (χ1n) is 8.93. The molecular formula is C20H23N3O2. The zero-order chi connectivity index (χ0) is 17.6. The lowest BCUT2D eigenvalue weighted by molar-refractivity contribution is 0.0949. The Morgan fingerprint density at radius 1 is 1.04 bits per heavy atom. The van der Waals surface area contributed by atoms with Crippen molar-refractivity contribution >= 4 is 17.5 Å². The molecule has 0 aliphatic heterocycles. The van der Waals surface area contributed by atoms with Crippen molar-refractivity contribution in [1.82, 2.24) is 9.88 Å². The van der Waals surface area contributed by atoms with Gasteiger partial charge in [-0.3, -0.25) is 9.59 Å². The number of hydrogen-bond acceptors (Lipinski definition) is 2. The minimum Gasteiger partial charge on any atom is -0.349 e. The largest absolute Gasteiger partial charge is 0.349 e. The van der Waals surface area contributed by atoms with Gasteiger partial charge in [0.1, 0.15) is 0 Å². The van der Waals surface area contributed by atoms with Crippen LogP contribution < -0.4 is 10.6 Å². The summed E-state index contributed by atoms with van der Waals surface area (Å²) in [4.78, 5) is 24.8. The van der Waals surface area contributed by atoms with E-state index in [1.165, 1.54) is 12.8 Å². The maximum atomic E-state index is 12.7. The summed E-state index contributed by atoms with van der Waals surface area (Å²) in [6, 6.07) is 9.93. The fourth-order valence-corrected chi connectivity index (χ4v) is 3.33. The first kappa shape index (κ1) is 15.9. The molecule has 1 heterocycles. The summed E-state index contributed by atoms with van der Waals surface area (Å²) in [6.07, 6.45) is 4.49. The second-order valence-corrected chi connectivity index (χ2v) is 7.17. The van der Waals surface area contributed by atoms with Crippen LogP contribution >= 0.6 is 0 Å². The molecule has 1 aromatic carbocycles. The van der Waals surface area contributed by atoms with E-state index < -0.39 is 0 Å². The van der Waals surface area contributed by atoms with Crippen LogP contribution in [0.1, 0.15) is 63.8 Å². The van der Waals surface area contributed by atoms with E-state index >= 15 is 0 Å². The van der Waals surface area contributed by atoms with Crippen molar-refractivity contribution < 1.29 is 9.59 Å². The van der Waals surface area contributed by atoms with Crippen LogP contribution in [0.4, 0.5) is 5.69 Å². The van der Waals surface area contributed by atoms with Gasteiger partial charge in [-0.1, -0.05) is 6.07 Å². The van der Waals surface area contributed by atoms with Gasteiger partial charge in [-0.2, -0.15) is 0 Å². The maximum absolute atomic E-state index is 12.7. The quantitative estimate of drug-likeness (QED) is 0.876. The molecular weight excluding hydrogens is 314 g/mol. The summed E-state index contributed by atoms with van der Waals surface area (Å²) in [5.41, 5.74) is 4.07. The minimum absolute atomic E-state index is 0.0782. The molecule has 0 saturated heterocycles. The number of nitrogens with zero attached hydrogens (tertiary/aromatic N) is 1. The maximum Gasteiger partial charge on any atom is 0.257 e. The zero-order valence-corrected chi connectivity index (χ0v) is 14.6. The van der Waals surface area contributed by atoms with Crippen molar-refractivity contribution in [1.29, 1.82) is 0 Å². The summed E-state index contributed by atoms with van der Waals surface area (Å²) in [5, 5.41) is 5.90. The molecule has 0 spiro atoms. The van der Waals surface area contributed by atoms with E-state index in [1.807, 2.05) is 26.0 Å². The first-order valence-corrected chi connectivity index (χ1v) is 8.93. The molecule has 2 N–H and O–H groups in total. The van der Waals surface area contributed by atoms with E-state index in [4.69, 9.17) is 0 Å². The molecule has 5 nitrogen and oxygen atoms in total. The molecule has 0 unspecified atom stereocenters. The van der Waals surface area contributed by atoms with E-state index in [0.717, 1.165) is 24.2 Å². The Balaban J connectivity index is 1.51. The number of carbonyl (C=O) groups excluding carboxylic acids is 2. The fourth-order valence-electron chi connectivity index (χ4n) is 3.33. The molecule has 0 bridgehead atoms. The number of aromatic nitrogens is 1. The molecule has 5 heteroatoms. The Morgan fingerprint density at radius 3 is 2.48 bits per heavy atom. The van der Waals surface area contributed by atoms with Crippen molar-refractivity contribution in [2.75, 3.05) is 5.32 Å². The van der Waals surface area contributed by atoms with Gasteiger partial charge in [-0.15, -0.1) is 0 Å². The Labute approximate surface area is 147 Å². The highest BCUT2D eigenvalue weighted by Gasteiger charge is 2.28. The van der Waals surface area contributed by atoms with Gasteiger partial charge in [-0.25, -0.2) is 0 Å². The van der Waals surface area contributed by atoms with E-state index in [2.05, 4.69) is 15.2 Å². The minimum atomic E-state index is -0.125. The molecule has 2 fully saturated rings. The Kier molecular flexibility index (Phi) is 3.86. The van der Waals surface area contributed by atoms with Crippen LogP contribution in [-0.2, 0) is 0 Å². The van der Waals surface area contributed by atoms with E-state index in [0.29, 0.717) is 28.9 Å². The third kappa shape index (κ3) is 3.31. The zero-order valence-electron chi connectivity index (χ0n) is 14.6. The Bertz CT molecular complexity index is 845. The van der Waals surface area contributed by atoms with Gasteiger partial charge < -0.3 is 15.2 Å². The molecule has 130 valence electrons. The fraction of sp³-hybridized carbons (Fsp3) is 0.400. The van der Waals surface area contributed by atoms with Crippen LogP contribution in [0.15, 0.2) is 30.3 Å². The number of benzene rings is 1. The van der Waals surface area contributed by atoms with Crippen LogP contribution in [-0.4, -0.2) is 22.4 Å². The molecule has 0 atom stereocenters. The molecule has 4 rings (SSSR count). The number of hydrogen-bond donors (Lipinski definition) is 2. The van der Waals surface area contributed by atoms with Crippen LogP contribution in [0.25, 0.3) is 0 Å². The summed E-state index contributed by atoms with van der Waals surface area (Å²) >= 11 is 0. The van der Waals surface area contributed by atoms with Gasteiger partial charge in [0.05, 0.1) is 5.56 Å². The third-order valence-electron chi connectivity index (χ3n) is 4.94. The average Bonchev–Trinajstić information content (AvgIpc) is 3.49. The Hall–Kier alpha value is -2.56. The van der Waals surface area contributed by atoms with Crippen LogP contribution in [0, 0.1) is 13.8 Å². The molecule has 2 saturated carbocycles. The van der Waals surface area contributed by atoms with Gasteiger partial charge >= 0.3 is 0 Å². The molecule has 0 radical (unpaired) electrons. The summed E-state index contributed by atoms with van der Waals surface area (Å²) < 4.78 is 2.26. The molecule has 2 aliphatic carbocycles. The normalized spacial score (nSPS) is 16.6. The number of nitrogens with one attached hydrogen (secondary N) is 2. The summed E-state index contributed by atoms with van der Waals surface area (Å²) in [7, 11) is 0. The first-order chi connectivity index (χ1) is 12.0. The van der Waals surface area contributed by atoms with Gasteiger partial charge in [0.2, 0.25) is 0 Å². The topological polar surface area (TPSA) is 63.1 Å². The van der Waals surface area contributed by atoms with Crippen molar-refractivity contribution in [3.63, 3.8) is 0 Å². The van der Waals surface area contributed by atoms with Gasteiger partial charge in [0.25, 0.3) is 11.8 Å². The SMILES string of the molecule is Cc1cc(C(=O)Nc2cccc(C(=O)NC3CC3)c2)c(C)n1C1CC1. The van der Waals surface area contributed by atoms with E-state index in [1.54, 1.807) is 18.2 Å². The lowest BCUT2D eigenvalue weighted by atomic mass is 10.1. The highest BCUT2D eigenvalue weighted by molar-refractivity contribution is 6.06. The number of amides is 2. The lowest BCUT2D eigenvalue weighted by Crippen LogP contribution is -2.25. The standard InChI is InChI=1S/C20H23N3O2/c1-12-10-18(13(2)23(12)17-8-9-17)20(25)22-16-5-3-4-14(11-16)19(24)21-15-6-7-15/h3-5,10-11,15,17H,6-9H2,1-2H3,(H,21,24)(H,22,25). The molecule has 25 heavy (non-hydrogen) atoms. The second-order valence-electron chi connectivity index (χ2n) is 7.17. The molecule has 1 aromatic heterocycles. The second kappa shape index (κ2) is 6.06. The monoisotopic (exact) mass is 337 g/mol. The van der Waals surface area contributed by atoms with E-state index in [9.17, 15) is 9.59 Å². The number of anilines is 1. The van der Waals surface area contributed by atoms with Crippen molar-refractivity contribution in [2.45, 2.75) is 51.6 Å². The van der Waals surface area contributed by atoms with Crippen LogP contribution in [0.2, 0.25) is 0 Å². The summed E-state index contributed by atoms with van der Waals surface area (Å²) in [6.45, 7) is 4.05. The van der Waals surface area contributed by atoms with Crippen LogP contribution in [0.3, 0.4) is 0 Å². The number of carbonyl (C=O) groups is 2. The molecule has 2 amide bonds. The smallest absolute Gasteiger partial charge is 0.257 e. The number of rotatable bonds is 5. The van der Waals surface area contributed by atoms with E-state index in [-0.39, 0.29) is 11.8 Å². The molecule has 2 aromatic rings. The third-order valence-corrected chi connectivity index (χ3v) is 4.94. The highest BCUT2D eigenvalue weighted by atomic mass is 16.2. The molecule has 2 aliphatic rings. The van der Waals surface area contributed by atoms with Crippen molar-refractivity contribution in [2.24, 2.45) is 0 Å². The van der Waals surface area contributed by atoms with Gasteiger partial charge in [0.15, 0.2) is 0 Å². The van der Waals surface area contributed by atoms with Gasteiger partial charge in [0, 0.05) is 34.7 Å². The number of aryl methyl sites for hydroxylation is 1. The highest BCUT2D eigenvalue weighted by Crippen LogP contribution is 2.38. The van der Waals surface area contributed by atoms with Crippen molar-refractivity contribution in [3.05, 3.63) is 52.8 Å². The van der Waals surface area contributed by atoms with Gasteiger partial charge in [-0.05, 0) is 63.8 Å². The average molecular weight is 337 g/mol. The predicted molar refractivity (Wildman–Crippen MR) is 97.1 cm³/mol. The predicted octanol–water partition coefficient (Wildman–Crippen LogP) is 3.58. The van der Waals surface area contributed by atoms with Crippen molar-refractivity contribution in [3.8, 4) is 0 Å². The Morgan fingerprint density at radius 2 is 1.80 bits per heavy atom. The van der Waals surface area contributed by atoms with Crippen LogP contribution in [0.5, 0.6) is 0 Å².